The molecule has 3 aromatic carbocycles. The summed E-state index contributed by atoms with van der Waals surface area (Å²) >= 11 is 11.8. The molecule has 0 bridgehead atoms. The Bertz CT molecular complexity index is 1160. The lowest BCUT2D eigenvalue weighted by Crippen LogP contribution is -1.98. The first-order chi connectivity index (χ1) is 12.2. The number of rotatable bonds is 3. The molecule has 4 N–H and O–H groups in total. The fourth-order valence-corrected chi connectivity index (χ4v) is 3.15. The maximum absolute atomic E-state index is 11.3. The normalized spacial score (nSPS) is 12.1. The number of fused-ring (bicyclic) bond motifs is 1. The maximum Gasteiger partial charge on any atom is 0.294 e. The number of aromatic hydroxyl groups is 1. The zero-order valence-corrected chi connectivity index (χ0v) is 15.2. The van der Waals surface area contributed by atoms with E-state index in [-0.39, 0.29) is 16.8 Å². The first kappa shape index (κ1) is 18.4. The zero-order valence-electron chi connectivity index (χ0n) is 12.9. The summed E-state index contributed by atoms with van der Waals surface area (Å²) in [5.74, 6) is -0.412. The van der Waals surface area contributed by atoms with Gasteiger partial charge in [-0.2, -0.15) is 13.5 Å². The lowest BCUT2D eigenvalue weighted by atomic mass is 10.1. The molecule has 3 rings (SSSR count). The first-order valence-corrected chi connectivity index (χ1v) is 9.26. The van der Waals surface area contributed by atoms with Crippen LogP contribution < -0.4 is 5.73 Å². The quantitative estimate of drug-likeness (QED) is 0.314. The Balaban J connectivity index is 2.17. The number of hydrogen-bond acceptors (Lipinski definition) is 6. The molecule has 0 amide bonds. The number of phenolic OH excluding ortho intramolecular Hbond substituents is 1. The second-order valence-electron chi connectivity index (χ2n) is 5.32. The summed E-state index contributed by atoms with van der Waals surface area (Å²) in [5, 5.41) is 19.5. The van der Waals surface area contributed by atoms with Crippen molar-refractivity contribution in [3.8, 4) is 5.75 Å². The lowest BCUT2D eigenvalue weighted by Gasteiger charge is -2.09. The number of halogens is 2. The van der Waals surface area contributed by atoms with Crippen LogP contribution in [0.2, 0.25) is 10.0 Å². The molecule has 7 nitrogen and oxygen atoms in total. The van der Waals surface area contributed by atoms with Gasteiger partial charge in [0.25, 0.3) is 10.1 Å². The van der Waals surface area contributed by atoms with E-state index < -0.39 is 20.8 Å². The number of azo groups is 1. The minimum atomic E-state index is -4.48. The molecule has 0 heterocycles. The van der Waals surface area contributed by atoms with Crippen molar-refractivity contribution in [2.75, 3.05) is 5.73 Å². The van der Waals surface area contributed by atoms with E-state index in [1.807, 2.05) is 0 Å². The highest BCUT2D eigenvalue weighted by Gasteiger charge is 2.16. The van der Waals surface area contributed by atoms with Gasteiger partial charge in [-0.25, -0.2) is 0 Å². The number of hydrogen-bond donors (Lipinski definition) is 3. The van der Waals surface area contributed by atoms with Gasteiger partial charge in [0.1, 0.15) is 11.4 Å². The Morgan fingerprint density at radius 3 is 2.35 bits per heavy atom. The molecule has 0 aliphatic rings. The summed E-state index contributed by atoms with van der Waals surface area (Å²) in [7, 11) is -4.48. The standard InChI is InChI=1S/C16H11Cl2N3O4S/c17-11-3-2-9(6-12(11)18)20-21-16-13(19)4-1-8-5-10(26(23,24)25)7-14(22)15(8)16/h1-7,22H,19H2,(H,23,24,25). The Morgan fingerprint density at radius 1 is 0.962 bits per heavy atom. The number of nitrogen functional groups attached to an aromatic ring is 1. The van der Waals surface area contributed by atoms with Crippen LogP contribution in [0.1, 0.15) is 0 Å². The highest BCUT2D eigenvalue weighted by Crippen LogP contribution is 2.40. The third-order valence-electron chi connectivity index (χ3n) is 3.54. The number of nitrogens with two attached hydrogens (primary N) is 1. The van der Waals surface area contributed by atoms with Crippen molar-refractivity contribution in [2.24, 2.45) is 10.2 Å². The second-order valence-corrected chi connectivity index (χ2v) is 7.55. The molecule has 0 fully saturated rings. The Kier molecular flexibility index (Phi) is 4.76. The van der Waals surface area contributed by atoms with E-state index in [0.717, 1.165) is 6.07 Å². The smallest absolute Gasteiger partial charge is 0.294 e. The minimum absolute atomic E-state index is 0.146. The largest absolute Gasteiger partial charge is 0.507 e. The van der Waals surface area contributed by atoms with Crippen molar-refractivity contribution in [2.45, 2.75) is 4.90 Å². The van der Waals surface area contributed by atoms with Crippen LogP contribution >= 0.6 is 23.2 Å². The monoisotopic (exact) mass is 411 g/mol. The third-order valence-corrected chi connectivity index (χ3v) is 5.11. The van der Waals surface area contributed by atoms with Crippen LogP contribution in [-0.4, -0.2) is 18.1 Å². The molecule has 3 aromatic rings. The molecular formula is C16H11Cl2N3O4S. The molecule has 26 heavy (non-hydrogen) atoms. The predicted octanol–water partition coefficient (Wildman–Crippen LogP) is 5.10. The summed E-state index contributed by atoms with van der Waals surface area (Å²) in [6.07, 6.45) is 0. The molecule has 0 spiro atoms. The van der Waals surface area contributed by atoms with Crippen molar-refractivity contribution in [1.82, 2.24) is 0 Å². The molecule has 10 heteroatoms. The molecule has 0 aromatic heterocycles. The number of nitrogens with zero attached hydrogens (tertiary/aromatic N) is 2. The van der Waals surface area contributed by atoms with Crippen molar-refractivity contribution in [3.05, 3.63) is 52.5 Å². The van der Waals surface area contributed by atoms with E-state index in [0.29, 0.717) is 21.1 Å². The molecule has 0 aliphatic heterocycles. The number of anilines is 1. The molecular weight excluding hydrogens is 401 g/mol. The van der Waals surface area contributed by atoms with E-state index in [9.17, 15) is 13.5 Å². The molecule has 0 saturated heterocycles. The summed E-state index contributed by atoms with van der Waals surface area (Å²) < 4.78 is 31.8. The van der Waals surface area contributed by atoms with Gasteiger partial charge in [0.05, 0.1) is 31.7 Å². The fraction of sp³-hybridized carbons (Fsp3) is 0. The zero-order chi connectivity index (χ0) is 19.1. The van der Waals surface area contributed by atoms with Crippen LogP contribution in [0.4, 0.5) is 17.1 Å². The Labute approximate surface area is 158 Å². The summed E-state index contributed by atoms with van der Waals surface area (Å²) in [6, 6.07) is 9.74. The lowest BCUT2D eigenvalue weighted by molar-refractivity contribution is 0.471. The molecule has 0 aliphatic carbocycles. The van der Waals surface area contributed by atoms with Crippen molar-refractivity contribution < 1.29 is 18.1 Å². The predicted molar refractivity (Wildman–Crippen MR) is 100 cm³/mol. The average Bonchev–Trinajstić information content (AvgIpc) is 2.56. The van der Waals surface area contributed by atoms with Gasteiger partial charge in [0.2, 0.25) is 0 Å². The second kappa shape index (κ2) is 6.73. The molecule has 0 unspecified atom stereocenters. The summed E-state index contributed by atoms with van der Waals surface area (Å²) in [4.78, 5) is -0.445. The van der Waals surface area contributed by atoms with Gasteiger partial charge in [-0.05, 0) is 35.7 Å². The molecule has 134 valence electrons. The van der Waals surface area contributed by atoms with Gasteiger partial charge in [-0.3, -0.25) is 4.55 Å². The first-order valence-electron chi connectivity index (χ1n) is 7.06. The molecule has 0 radical (unpaired) electrons. The Morgan fingerprint density at radius 2 is 1.69 bits per heavy atom. The van der Waals surface area contributed by atoms with Crippen molar-refractivity contribution >= 4 is 61.2 Å². The molecule has 0 saturated carbocycles. The minimum Gasteiger partial charge on any atom is -0.507 e. The topological polar surface area (TPSA) is 125 Å². The van der Waals surface area contributed by atoms with Crippen LogP contribution in [0.3, 0.4) is 0 Å². The van der Waals surface area contributed by atoms with Crippen LogP contribution in [0.25, 0.3) is 10.8 Å². The number of phenols is 1. The fourth-order valence-electron chi connectivity index (χ4n) is 2.33. The van der Waals surface area contributed by atoms with Gasteiger partial charge in [-0.15, -0.1) is 5.11 Å². The van der Waals surface area contributed by atoms with Gasteiger partial charge in [0, 0.05) is 6.07 Å². The van der Waals surface area contributed by atoms with Crippen LogP contribution in [0.15, 0.2) is 57.6 Å². The highest BCUT2D eigenvalue weighted by molar-refractivity contribution is 7.85. The van der Waals surface area contributed by atoms with Crippen LogP contribution in [0.5, 0.6) is 5.75 Å². The van der Waals surface area contributed by atoms with Gasteiger partial charge in [-0.1, -0.05) is 29.3 Å². The van der Waals surface area contributed by atoms with Gasteiger partial charge < -0.3 is 10.8 Å². The van der Waals surface area contributed by atoms with Crippen LogP contribution in [0, 0.1) is 0 Å². The van der Waals surface area contributed by atoms with Crippen molar-refractivity contribution in [1.29, 1.82) is 0 Å². The Hall–Kier alpha value is -2.39. The van der Waals surface area contributed by atoms with Crippen LogP contribution in [-0.2, 0) is 10.1 Å². The van der Waals surface area contributed by atoms with E-state index in [4.69, 9.17) is 33.5 Å². The highest BCUT2D eigenvalue weighted by atomic mass is 35.5. The number of benzene rings is 3. The maximum atomic E-state index is 11.3. The van der Waals surface area contributed by atoms with E-state index >= 15 is 0 Å². The molecule has 0 atom stereocenters. The van der Waals surface area contributed by atoms with E-state index in [1.165, 1.54) is 24.3 Å². The summed E-state index contributed by atoms with van der Waals surface area (Å²) in [6.45, 7) is 0. The van der Waals surface area contributed by atoms with Gasteiger partial charge >= 0.3 is 0 Å². The van der Waals surface area contributed by atoms with Crippen molar-refractivity contribution in [3.63, 3.8) is 0 Å². The summed E-state index contributed by atoms with van der Waals surface area (Å²) in [5.41, 5.74) is 6.69. The average molecular weight is 412 g/mol. The third kappa shape index (κ3) is 3.58. The van der Waals surface area contributed by atoms with E-state index in [2.05, 4.69) is 10.2 Å². The van der Waals surface area contributed by atoms with E-state index in [1.54, 1.807) is 12.1 Å². The SMILES string of the molecule is Nc1ccc2cc(S(=O)(=O)O)cc(O)c2c1N=Nc1ccc(Cl)c(Cl)c1. The van der Waals surface area contributed by atoms with Gasteiger partial charge in [0.15, 0.2) is 0 Å².